The molecule has 0 aromatic rings. The molecular weight excluding hydrogens is 156 g/mol. The Morgan fingerprint density at radius 2 is 2.33 bits per heavy atom. The first-order chi connectivity index (χ1) is 4.29. The van der Waals surface area contributed by atoms with Gasteiger partial charge < -0.3 is 5.11 Å². The second-order valence-electron chi connectivity index (χ2n) is 2.50. The molecule has 0 spiro atoms. The van der Waals surface area contributed by atoms with E-state index in [1.807, 2.05) is 0 Å². The Bertz CT molecular complexity index is 159. The van der Waals surface area contributed by atoms with Crippen molar-refractivity contribution in [2.75, 3.05) is 0 Å². The summed E-state index contributed by atoms with van der Waals surface area (Å²) in [5, 5.41) is 9.67. The lowest BCUT2D eigenvalue weighted by Gasteiger charge is -2.04. The Hall–Kier alpha value is 0.460. The van der Waals surface area contributed by atoms with Crippen LogP contribution in [0.3, 0.4) is 0 Å². The maximum atomic E-state index is 11.0. The van der Waals surface area contributed by atoms with E-state index in [0.29, 0.717) is 0 Å². The Kier molecular flexibility index (Phi) is 1.35. The van der Waals surface area contributed by atoms with Crippen molar-refractivity contribution >= 4 is 20.6 Å². The Morgan fingerprint density at radius 3 is 2.56 bits per heavy atom. The molecule has 2 fully saturated rings. The third-order valence-corrected chi connectivity index (χ3v) is 5.98. The molecule has 52 valence electrons. The quantitative estimate of drug-likeness (QED) is 0.523. The summed E-state index contributed by atoms with van der Waals surface area (Å²) < 4.78 is 11.0. The van der Waals surface area contributed by atoms with E-state index in [1.165, 1.54) is 10.8 Å². The van der Waals surface area contributed by atoms with Crippen LogP contribution in [0.1, 0.15) is 12.8 Å². The van der Waals surface area contributed by atoms with Gasteiger partial charge in [0.05, 0.1) is 21.2 Å². The molecule has 2 nitrogen and oxygen atoms in total. The van der Waals surface area contributed by atoms with Crippen LogP contribution in [-0.2, 0) is 9.83 Å². The van der Waals surface area contributed by atoms with Gasteiger partial charge in [-0.25, -0.2) is 4.21 Å². The van der Waals surface area contributed by atoms with E-state index in [2.05, 4.69) is 0 Å². The molecule has 2 rings (SSSR count). The maximum absolute atomic E-state index is 11.0. The maximum Gasteiger partial charge on any atom is 0.0865 e. The Morgan fingerprint density at radius 1 is 1.56 bits per heavy atom. The van der Waals surface area contributed by atoms with Crippen molar-refractivity contribution in [3.05, 3.63) is 0 Å². The molecule has 4 unspecified atom stereocenters. The lowest BCUT2D eigenvalue weighted by molar-refractivity contribution is 0.195. The van der Waals surface area contributed by atoms with E-state index < -0.39 is 9.83 Å². The van der Waals surface area contributed by atoms with Crippen LogP contribution < -0.4 is 0 Å². The van der Waals surface area contributed by atoms with E-state index in [9.17, 15) is 9.32 Å². The van der Waals surface area contributed by atoms with Gasteiger partial charge in [-0.2, -0.15) is 0 Å². The van der Waals surface area contributed by atoms with Gasteiger partial charge in [0.15, 0.2) is 0 Å². The van der Waals surface area contributed by atoms with E-state index >= 15 is 0 Å². The second-order valence-corrected chi connectivity index (χ2v) is 5.99. The largest absolute Gasteiger partial charge is 0.391 e. The van der Waals surface area contributed by atoms with Crippen LogP contribution in [0.5, 0.6) is 0 Å². The van der Waals surface area contributed by atoms with Crippen LogP contribution >= 0.6 is 10.8 Å². The Labute approximate surface area is 59.9 Å². The van der Waals surface area contributed by atoms with Crippen molar-refractivity contribution in [1.29, 1.82) is 0 Å². The van der Waals surface area contributed by atoms with Gasteiger partial charge in [-0.05, 0) is 12.8 Å². The smallest absolute Gasteiger partial charge is 0.0865 e. The van der Waals surface area contributed by atoms with E-state index in [1.54, 1.807) is 0 Å². The standard InChI is InChI=1S/C5H8O2S2/c6-5-3-1-2-4(5)9(7)8-3/h3-6H,1-2H2. The number of aliphatic hydroxyl groups is 1. The molecule has 2 aliphatic rings. The zero-order chi connectivity index (χ0) is 6.43. The minimum Gasteiger partial charge on any atom is -0.391 e. The highest BCUT2D eigenvalue weighted by molar-refractivity contribution is 8.70. The van der Waals surface area contributed by atoms with E-state index in [-0.39, 0.29) is 16.6 Å². The molecule has 1 aliphatic carbocycles. The summed E-state index contributed by atoms with van der Waals surface area (Å²) >= 11 is 0. The van der Waals surface area contributed by atoms with Crippen molar-refractivity contribution in [3.63, 3.8) is 0 Å². The molecule has 1 N–H and O–H groups in total. The van der Waals surface area contributed by atoms with Crippen molar-refractivity contribution in [2.45, 2.75) is 29.4 Å². The fourth-order valence-corrected chi connectivity index (χ4v) is 5.60. The van der Waals surface area contributed by atoms with Crippen molar-refractivity contribution < 1.29 is 9.32 Å². The lowest BCUT2D eigenvalue weighted by Crippen LogP contribution is -2.20. The van der Waals surface area contributed by atoms with E-state index in [4.69, 9.17) is 0 Å². The summed E-state index contributed by atoms with van der Waals surface area (Å²) in [6, 6.07) is 0. The van der Waals surface area contributed by atoms with Crippen LogP contribution in [0.4, 0.5) is 0 Å². The predicted octanol–water partition coefficient (Wildman–Crippen LogP) is 0.289. The molecule has 4 heteroatoms. The summed E-state index contributed by atoms with van der Waals surface area (Å²) in [5.74, 6) is 0. The highest BCUT2D eigenvalue weighted by Gasteiger charge is 2.46. The molecular formula is C5H8O2S2. The van der Waals surface area contributed by atoms with Gasteiger partial charge in [0.2, 0.25) is 0 Å². The van der Waals surface area contributed by atoms with Crippen LogP contribution in [0.15, 0.2) is 0 Å². The lowest BCUT2D eigenvalue weighted by atomic mass is 10.3. The molecule has 1 aliphatic heterocycles. The first-order valence-corrected chi connectivity index (χ1v) is 5.66. The Balaban J connectivity index is 2.26. The van der Waals surface area contributed by atoms with Gasteiger partial charge in [-0.3, -0.25) is 0 Å². The summed E-state index contributed by atoms with van der Waals surface area (Å²) in [6.45, 7) is 0. The van der Waals surface area contributed by atoms with Gasteiger partial charge >= 0.3 is 0 Å². The third-order valence-electron chi connectivity index (χ3n) is 1.96. The summed E-state index contributed by atoms with van der Waals surface area (Å²) in [4.78, 5) is 0. The summed E-state index contributed by atoms with van der Waals surface area (Å²) in [5.41, 5.74) is 0. The van der Waals surface area contributed by atoms with Crippen LogP contribution in [0.2, 0.25) is 0 Å². The molecule has 0 aromatic heterocycles. The van der Waals surface area contributed by atoms with Crippen molar-refractivity contribution in [1.82, 2.24) is 0 Å². The summed E-state index contributed by atoms with van der Waals surface area (Å²) in [7, 11) is 0.671. The molecule has 0 aromatic carbocycles. The zero-order valence-electron chi connectivity index (χ0n) is 4.82. The number of rotatable bonds is 0. The molecule has 0 amide bonds. The highest BCUT2D eigenvalue weighted by atomic mass is 33.1. The van der Waals surface area contributed by atoms with Crippen LogP contribution in [0.25, 0.3) is 0 Å². The van der Waals surface area contributed by atoms with Gasteiger partial charge in [-0.1, -0.05) is 10.8 Å². The monoisotopic (exact) mass is 164 g/mol. The molecule has 1 saturated carbocycles. The predicted molar refractivity (Wildman–Crippen MR) is 38.6 cm³/mol. The highest BCUT2D eigenvalue weighted by Crippen LogP contribution is 2.44. The molecule has 1 heterocycles. The van der Waals surface area contributed by atoms with E-state index in [0.717, 1.165) is 12.8 Å². The van der Waals surface area contributed by atoms with Crippen molar-refractivity contribution in [3.8, 4) is 0 Å². The second kappa shape index (κ2) is 1.97. The molecule has 4 atom stereocenters. The van der Waals surface area contributed by atoms with Gasteiger partial charge in [0, 0.05) is 5.25 Å². The number of aliphatic hydroxyl groups excluding tert-OH is 1. The first kappa shape index (κ1) is 6.19. The fraction of sp³-hybridized carbons (Fsp3) is 1.00. The molecule has 1 saturated heterocycles. The van der Waals surface area contributed by atoms with Crippen molar-refractivity contribution in [2.24, 2.45) is 0 Å². The molecule has 9 heavy (non-hydrogen) atoms. The normalized spacial score (nSPS) is 56.6. The summed E-state index contributed by atoms with van der Waals surface area (Å²) in [6.07, 6.45) is 1.75. The molecule has 2 bridgehead atoms. The minimum atomic E-state index is -0.774. The van der Waals surface area contributed by atoms with Gasteiger partial charge in [0.1, 0.15) is 0 Å². The average molecular weight is 164 g/mol. The minimum absolute atomic E-state index is 0.0972. The zero-order valence-corrected chi connectivity index (χ0v) is 6.45. The molecule has 0 radical (unpaired) electrons. The average Bonchev–Trinajstić information content (AvgIpc) is 2.25. The fourth-order valence-electron chi connectivity index (χ4n) is 1.42. The SMILES string of the molecule is O=S1SC2CCC1C2O. The number of hydrogen-bond acceptors (Lipinski definition) is 3. The number of hydrogen-bond donors (Lipinski definition) is 1. The van der Waals surface area contributed by atoms with Crippen LogP contribution in [-0.4, -0.2) is 25.9 Å². The van der Waals surface area contributed by atoms with Gasteiger partial charge in [0.25, 0.3) is 0 Å². The number of fused-ring (bicyclic) bond motifs is 2. The first-order valence-electron chi connectivity index (χ1n) is 3.05. The third kappa shape index (κ3) is 0.767. The van der Waals surface area contributed by atoms with Gasteiger partial charge in [-0.15, -0.1) is 0 Å². The van der Waals surface area contributed by atoms with Crippen LogP contribution in [0, 0.1) is 0 Å². The topological polar surface area (TPSA) is 37.3 Å².